The fraction of sp³-hybridized carbons (Fsp3) is 0.615. The highest BCUT2D eigenvalue weighted by atomic mass is 16.6. The summed E-state index contributed by atoms with van der Waals surface area (Å²) in [6, 6.07) is 3.18. The van der Waals surface area contributed by atoms with Crippen LogP contribution in [0.15, 0.2) is 12.1 Å². The van der Waals surface area contributed by atoms with Crippen molar-refractivity contribution in [2.75, 3.05) is 18.0 Å². The molecule has 102 valence electrons. The van der Waals surface area contributed by atoms with Gasteiger partial charge in [0.1, 0.15) is 0 Å². The zero-order valence-electron chi connectivity index (χ0n) is 10.8. The third-order valence-corrected chi connectivity index (χ3v) is 4.31. The molecule has 3 atom stereocenters. The fourth-order valence-electron chi connectivity index (χ4n) is 3.32. The molecule has 0 spiro atoms. The van der Waals surface area contributed by atoms with Crippen LogP contribution in [0.3, 0.4) is 0 Å². The Bertz CT molecular complexity index is 520. The summed E-state index contributed by atoms with van der Waals surface area (Å²) < 4.78 is 0. The molecule has 3 unspecified atom stereocenters. The second kappa shape index (κ2) is 4.45. The van der Waals surface area contributed by atoms with Gasteiger partial charge in [-0.25, -0.2) is 4.98 Å². The van der Waals surface area contributed by atoms with Gasteiger partial charge in [0, 0.05) is 30.8 Å². The van der Waals surface area contributed by atoms with Gasteiger partial charge in [0.05, 0.1) is 11.0 Å². The highest BCUT2D eigenvalue weighted by Crippen LogP contribution is 2.41. The minimum Gasteiger partial charge on any atom is -0.393 e. The molecule has 1 aliphatic heterocycles. The molecule has 1 N–H and O–H groups in total. The predicted molar refractivity (Wildman–Crippen MR) is 70.1 cm³/mol. The summed E-state index contributed by atoms with van der Waals surface area (Å²) in [5, 5.41) is 21.0. The van der Waals surface area contributed by atoms with Gasteiger partial charge < -0.3 is 10.0 Å². The number of aliphatic hydroxyl groups is 1. The first kappa shape index (κ1) is 12.3. The average Bonchev–Trinajstić information content (AvgIpc) is 2.91. The summed E-state index contributed by atoms with van der Waals surface area (Å²) in [5.74, 6) is 1.13. The minimum atomic E-state index is -0.383. The number of hydrogen-bond acceptors (Lipinski definition) is 5. The van der Waals surface area contributed by atoms with Gasteiger partial charge in [0.15, 0.2) is 0 Å². The number of aryl methyl sites for hydroxylation is 1. The van der Waals surface area contributed by atoms with Crippen molar-refractivity contribution in [3.8, 4) is 0 Å². The zero-order chi connectivity index (χ0) is 13.6. The molecule has 1 aromatic heterocycles. The van der Waals surface area contributed by atoms with Crippen molar-refractivity contribution in [1.82, 2.24) is 4.98 Å². The highest BCUT2D eigenvalue weighted by molar-refractivity contribution is 5.59. The summed E-state index contributed by atoms with van der Waals surface area (Å²) in [6.07, 6.45) is 1.59. The van der Waals surface area contributed by atoms with Gasteiger partial charge in [-0.3, -0.25) is 10.1 Å². The molecule has 0 aromatic carbocycles. The van der Waals surface area contributed by atoms with E-state index >= 15 is 0 Å². The molecule has 2 aliphatic rings. The molecule has 1 saturated heterocycles. The van der Waals surface area contributed by atoms with Crippen molar-refractivity contribution in [3.63, 3.8) is 0 Å². The second-order valence-electron chi connectivity index (χ2n) is 5.53. The van der Waals surface area contributed by atoms with Crippen LogP contribution in [0.2, 0.25) is 0 Å². The molecule has 6 heteroatoms. The molecule has 0 radical (unpaired) electrons. The minimum absolute atomic E-state index is 0.0556. The maximum absolute atomic E-state index is 11.1. The third-order valence-electron chi connectivity index (χ3n) is 4.31. The summed E-state index contributed by atoms with van der Waals surface area (Å²) >= 11 is 0. The first-order valence-corrected chi connectivity index (χ1v) is 6.61. The lowest BCUT2D eigenvalue weighted by Crippen LogP contribution is -2.26. The van der Waals surface area contributed by atoms with Crippen molar-refractivity contribution in [3.05, 3.63) is 27.9 Å². The van der Waals surface area contributed by atoms with E-state index in [0.29, 0.717) is 18.3 Å². The Morgan fingerprint density at radius 2 is 2.21 bits per heavy atom. The van der Waals surface area contributed by atoms with Crippen LogP contribution >= 0.6 is 0 Å². The topological polar surface area (TPSA) is 79.5 Å². The molecule has 1 saturated carbocycles. The normalized spacial score (nSPS) is 29.6. The first-order valence-electron chi connectivity index (χ1n) is 6.61. The van der Waals surface area contributed by atoms with Crippen molar-refractivity contribution >= 4 is 11.5 Å². The van der Waals surface area contributed by atoms with Gasteiger partial charge in [0.25, 0.3) is 0 Å². The fourth-order valence-corrected chi connectivity index (χ4v) is 3.32. The van der Waals surface area contributed by atoms with Crippen LogP contribution in [0.1, 0.15) is 18.5 Å². The molecule has 6 nitrogen and oxygen atoms in total. The second-order valence-corrected chi connectivity index (χ2v) is 5.53. The molecule has 0 bridgehead atoms. The number of anilines is 1. The maximum atomic E-state index is 11.1. The Kier molecular flexibility index (Phi) is 2.89. The van der Waals surface area contributed by atoms with E-state index in [0.717, 1.165) is 25.1 Å². The molecule has 2 fully saturated rings. The highest BCUT2D eigenvalue weighted by Gasteiger charge is 2.43. The zero-order valence-corrected chi connectivity index (χ0v) is 10.8. The van der Waals surface area contributed by atoms with Crippen LogP contribution in [0.5, 0.6) is 0 Å². The number of fused-ring (bicyclic) bond motifs is 1. The molecular formula is C13H17N3O3. The van der Waals surface area contributed by atoms with E-state index in [2.05, 4.69) is 4.98 Å². The molecule has 0 amide bonds. The molecule has 2 heterocycles. The van der Waals surface area contributed by atoms with Crippen molar-refractivity contribution < 1.29 is 10.0 Å². The standard InChI is InChI=1S/C13H17N3O3/c1-8-2-4-11(16(18)19)13(14-8)15-6-9-3-5-12(17)10(9)7-15/h2,4,9-10,12,17H,3,5-7H2,1H3. The Balaban J connectivity index is 1.91. The van der Waals surface area contributed by atoms with Crippen LogP contribution in [-0.2, 0) is 0 Å². The number of aromatic nitrogens is 1. The van der Waals surface area contributed by atoms with Crippen LogP contribution in [-0.4, -0.2) is 34.2 Å². The van der Waals surface area contributed by atoms with Gasteiger partial charge in [-0.15, -0.1) is 0 Å². The summed E-state index contributed by atoms with van der Waals surface area (Å²) in [5.41, 5.74) is 0.832. The quantitative estimate of drug-likeness (QED) is 0.646. The lowest BCUT2D eigenvalue weighted by atomic mass is 10.00. The molecule has 3 rings (SSSR count). The first-order chi connectivity index (χ1) is 9.06. The van der Waals surface area contributed by atoms with Crippen molar-refractivity contribution in [1.29, 1.82) is 0 Å². The number of nitro groups is 1. The van der Waals surface area contributed by atoms with Gasteiger partial charge >= 0.3 is 5.69 Å². The van der Waals surface area contributed by atoms with Crippen LogP contribution in [0, 0.1) is 28.9 Å². The Hall–Kier alpha value is -1.69. The van der Waals surface area contributed by atoms with Gasteiger partial charge in [-0.1, -0.05) is 0 Å². The van der Waals surface area contributed by atoms with Crippen molar-refractivity contribution in [2.24, 2.45) is 11.8 Å². The van der Waals surface area contributed by atoms with E-state index in [4.69, 9.17) is 0 Å². The van der Waals surface area contributed by atoms with E-state index in [1.807, 2.05) is 11.8 Å². The number of aliphatic hydroxyl groups excluding tert-OH is 1. The van der Waals surface area contributed by atoms with Crippen LogP contribution < -0.4 is 4.90 Å². The SMILES string of the molecule is Cc1ccc([N+](=O)[O-])c(N2CC3CCC(O)C3C2)n1. The van der Waals surface area contributed by atoms with Crippen LogP contribution in [0.4, 0.5) is 11.5 Å². The third kappa shape index (κ3) is 2.06. The van der Waals surface area contributed by atoms with E-state index in [1.54, 1.807) is 6.07 Å². The molecule has 1 aliphatic carbocycles. The Morgan fingerprint density at radius 1 is 1.42 bits per heavy atom. The van der Waals surface area contributed by atoms with Gasteiger partial charge in [0.2, 0.25) is 5.82 Å². The van der Waals surface area contributed by atoms with E-state index < -0.39 is 0 Å². The number of rotatable bonds is 2. The molecule has 19 heavy (non-hydrogen) atoms. The van der Waals surface area contributed by atoms with Crippen molar-refractivity contribution in [2.45, 2.75) is 25.9 Å². The summed E-state index contributed by atoms with van der Waals surface area (Å²) in [7, 11) is 0. The van der Waals surface area contributed by atoms with Gasteiger partial charge in [-0.2, -0.15) is 0 Å². The summed E-state index contributed by atoms with van der Waals surface area (Å²) in [4.78, 5) is 17.0. The molecule has 1 aromatic rings. The van der Waals surface area contributed by atoms with Crippen LogP contribution in [0.25, 0.3) is 0 Å². The van der Waals surface area contributed by atoms with E-state index in [9.17, 15) is 15.2 Å². The van der Waals surface area contributed by atoms with E-state index in [1.165, 1.54) is 6.07 Å². The predicted octanol–water partition coefficient (Wildman–Crippen LogP) is 1.51. The Labute approximate surface area is 111 Å². The maximum Gasteiger partial charge on any atom is 0.311 e. The number of hydrogen-bond donors (Lipinski definition) is 1. The summed E-state index contributed by atoms with van der Waals surface area (Å²) in [6.45, 7) is 3.27. The Morgan fingerprint density at radius 3 is 2.89 bits per heavy atom. The lowest BCUT2D eigenvalue weighted by molar-refractivity contribution is -0.384. The largest absolute Gasteiger partial charge is 0.393 e. The van der Waals surface area contributed by atoms with E-state index in [-0.39, 0.29) is 22.6 Å². The monoisotopic (exact) mass is 263 g/mol. The average molecular weight is 263 g/mol. The molecular weight excluding hydrogens is 246 g/mol. The van der Waals surface area contributed by atoms with Gasteiger partial charge in [-0.05, 0) is 31.7 Å². The smallest absolute Gasteiger partial charge is 0.311 e. The number of nitrogens with zero attached hydrogens (tertiary/aromatic N) is 3. The number of pyridine rings is 1. The lowest BCUT2D eigenvalue weighted by Gasteiger charge is -2.19.